The molecule has 5 heteroatoms. The van der Waals surface area contributed by atoms with Gasteiger partial charge in [0.15, 0.2) is 0 Å². The topological polar surface area (TPSA) is 59.1 Å². The second-order valence-corrected chi connectivity index (χ2v) is 5.41. The van der Waals surface area contributed by atoms with Crippen LogP contribution < -0.4 is 10.5 Å². The summed E-state index contributed by atoms with van der Waals surface area (Å²) in [5.41, 5.74) is 7.11. The van der Waals surface area contributed by atoms with E-state index in [1.54, 1.807) is 18.2 Å². The lowest BCUT2D eigenvalue weighted by Gasteiger charge is -2.12. The molecule has 0 aliphatic carbocycles. The largest absolute Gasteiger partial charge is 0.455 e. The van der Waals surface area contributed by atoms with E-state index in [9.17, 15) is 0 Å². The SMILES string of the molecule is Cc1ccc(C(=N)N)c(Oc2cc(Br)ccc2Cl)c1. The predicted octanol–water partition coefficient (Wildman–Crippen LogP) is 4.49. The molecule has 0 fully saturated rings. The number of aryl methyl sites for hydroxylation is 1. The van der Waals surface area contributed by atoms with E-state index in [-0.39, 0.29) is 5.84 Å². The molecule has 0 amide bonds. The molecule has 2 aromatic rings. The summed E-state index contributed by atoms with van der Waals surface area (Å²) in [4.78, 5) is 0. The van der Waals surface area contributed by atoms with Gasteiger partial charge in [-0.2, -0.15) is 0 Å². The molecule has 0 spiro atoms. The van der Waals surface area contributed by atoms with Crippen LogP contribution in [0.25, 0.3) is 0 Å². The number of benzene rings is 2. The first kappa shape index (κ1) is 13.9. The van der Waals surface area contributed by atoms with Crippen LogP contribution in [0.4, 0.5) is 0 Å². The summed E-state index contributed by atoms with van der Waals surface area (Å²) in [6.45, 7) is 1.94. The first-order valence-electron chi connectivity index (χ1n) is 5.55. The van der Waals surface area contributed by atoms with Crippen LogP contribution in [0.1, 0.15) is 11.1 Å². The van der Waals surface area contributed by atoms with E-state index in [0.717, 1.165) is 10.0 Å². The number of halogens is 2. The highest BCUT2D eigenvalue weighted by Crippen LogP contribution is 2.33. The van der Waals surface area contributed by atoms with Gasteiger partial charge in [-0.1, -0.05) is 33.6 Å². The number of rotatable bonds is 3. The van der Waals surface area contributed by atoms with Gasteiger partial charge >= 0.3 is 0 Å². The van der Waals surface area contributed by atoms with Gasteiger partial charge in [0.1, 0.15) is 17.3 Å². The van der Waals surface area contributed by atoms with Gasteiger partial charge in [-0.25, -0.2) is 0 Å². The third-order valence-corrected chi connectivity index (χ3v) is 3.35. The lowest BCUT2D eigenvalue weighted by Crippen LogP contribution is -2.12. The third kappa shape index (κ3) is 3.28. The molecule has 98 valence electrons. The number of nitrogens with one attached hydrogen (secondary N) is 1. The number of amidine groups is 1. The minimum absolute atomic E-state index is 0.0406. The summed E-state index contributed by atoms with van der Waals surface area (Å²) >= 11 is 9.45. The molecule has 0 aliphatic rings. The number of hydrogen-bond acceptors (Lipinski definition) is 2. The molecule has 0 atom stereocenters. The highest BCUT2D eigenvalue weighted by Gasteiger charge is 2.10. The van der Waals surface area contributed by atoms with Crippen molar-refractivity contribution in [2.24, 2.45) is 5.73 Å². The van der Waals surface area contributed by atoms with Gasteiger partial charge in [-0.3, -0.25) is 5.41 Å². The second-order valence-electron chi connectivity index (χ2n) is 4.09. The smallest absolute Gasteiger partial charge is 0.147 e. The van der Waals surface area contributed by atoms with Crippen molar-refractivity contribution in [3.05, 3.63) is 57.0 Å². The maximum Gasteiger partial charge on any atom is 0.147 e. The first-order chi connectivity index (χ1) is 8.97. The van der Waals surface area contributed by atoms with Gasteiger partial charge in [-0.05, 0) is 42.8 Å². The minimum Gasteiger partial charge on any atom is -0.455 e. The standard InChI is InChI=1S/C14H12BrClN2O/c1-8-2-4-10(14(17)18)12(6-8)19-13-7-9(15)3-5-11(13)16/h2-7H,1H3,(H3,17,18). The number of ether oxygens (including phenoxy) is 1. The first-order valence-corrected chi connectivity index (χ1v) is 6.72. The number of nitrogens with two attached hydrogens (primary N) is 1. The highest BCUT2D eigenvalue weighted by molar-refractivity contribution is 9.10. The Hall–Kier alpha value is -1.52. The molecular formula is C14H12BrClN2O. The van der Waals surface area contributed by atoms with Crippen LogP contribution >= 0.6 is 27.5 Å². The van der Waals surface area contributed by atoms with Crippen LogP contribution in [0.3, 0.4) is 0 Å². The van der Waals surface area contributed by atoms with E-state index < -0.39 is 0 Å². The Morgan fingerprint density at radius 3 is 2.63 bits per heavy atom. The summed E-state index contributed by atoms with van der Waals surface area (Å²) in [7, 11) is 0. The fraction of sp³-hybridized carbons (Fsp3) is 0.0714. The minimum atomic E-state index is -0.0406. The zero-order valence-corrected chi connectivity index (χ0v) is 12.5. The average molecular weight is 340 g/mol. The van der Waals surface area contributed by atoms with Gasteiger partial charge in [0.25, 0.3) is 0 Å². The molecular weight excluding hydrogens is 328 g/mol. The van der Waals surface area contributed by atoms with Crippen molar-refractivity contribution >= 4 is 33.4 Å². The summed E-state index contributed by atoms with van der Waals surface area (Å²) in [5.74, 6) is 0.998. The number of nitrogen functional groups attached to an aromatic ring is 1. The van der Waals surface area contributed by atoms with E-state index in [2.05, 4.69) is 15.9 Å². The van der Waals surface area contributed by atoms with Gasteiger partial charge < -0.3 is 10.5 Å². The molecule has 3 nitrogen and oxygen atoms in total. The fourth-order valence-electron chi connectivity index (χ4n) is 1.61. The zero-order chi connectivity index (χ0) is 14.0. The van der Waals surface area contributed by atoms with E-state index in [1.807, 2.05) is 25.1 Å². The van der Waals surface area contributed by atoms with Crippen molar-refractivity contribution in [3.8, 4) is 11.5 Å². The van der Waals surface area contributed by atoms with Crippen molar-refractivity contribution < 1.29 is 4.74 Å². The van der Waals surface area contributed by atoms with Crippen molar-refractivity contribution in [3.63, 3.8) is 0 Å². The Balaban J connectivity index is 2.45. The maximum atomic E-state index is 7.56. The highest BCUT2D eigenvalue weighted by atomic mass is 79.9. The Bertz CT molecular complexity index is 643. The number of hydrogen-bond donors (Lipinski definition) is 2. The van der Waals surface area contributed by atoms with Crippen LogP contribution in [0.5, 0.6) is 11.5 Å². The van der Waals surface area contributed by atoms with E-state index >= 15 is 0 Å². The molecule has 0 aromatic heterocycles. The van der Waals surface area contributed by atoms with Gasteiger partial charge in [-0.15, -0.1) is 0 Å². The molecule has 0 heterocycles. The Kier molecular flexibility index (Phi) is 4.12. The van der Waals surface area contributed by atoms with Crippen LogP contribution in [-0.2, 0) is 0 Å². The van der Waals surface area contributed by atoms with E-state index in [1.165, 1.54) is 0 Å². The van der Waals surface area contributed by atoms with E-state index in [4.69, 9.17) is 27.5 Å². The van der Waals surface area contributed by atoms with Gasteiger partial charge in [0, 0.05) is 4.47 Å². The van der Waals surface area contributed by atoms with Crippen LogP contribution in [0, 0.1) is 12.3 Å². The molecule has 0 aliphatic heterocycles. The van der Waals surface area contributed by atoms with Crippen molar-refractivity contribution in [2.75, 3.05) is 0 Å². The molecule has 2 aromatic carbocycles. The quantitative estimate of drug-likeness (QED) is 0.639. The van der Waals surface area contributed by atoms with Crippen molar-refractivity contribution in [2.45, 2.75) is 6.92 Å². The fourth-order valence-corrected chi connectivity index (χ4v) is 2.11. The monoisotopic (exact) mass is 338 g/mol. The molecule has 0 unspecified atom stereocenters. The van der Waals surface area contributed by atoms with Crippen LogP contribution in [0.2, 0.25) is 5.02 Å². The second kappa shape index (κ2) is 5.63. The summed E-state index contributed by atoms with van der Waals surface area (Å²) < 4.78 is 6.65. The van der Waals surface area contributed by atoms with Gasteiger partial charge in [0.2, 0.25) is 0 Å². The zero-order valence-electron chi connectivity index (χ0n) is 10.2. The lowest BCUT2D eigenvalue weighted by molar-refractivity contribution is 0.481. The maximum absolute atomic E-state index is 7.56. The Morgan fingerprint density at radius 2 is 1.95 bits per heavy atom. The molecule has 3 N–H and O–H groups in total. The Labute approximate surface area is 125 Å². The molecule has 0 saturated heterocycles. The normalized spacial score (nSPS) is 10.3. The summed E-state index contributed by atoms with van der Waals surface area (Å²) in [6, 6.07) is 10.8. The lowest BCUT2D eigenvalue weighted by atomic mass is 10.1. The molecule has 19 heavy (non-hydrogen) atoms. The van der Waals surface area contributed by atoms with Crippen molar-refractivity contribution in [1.82, 2.24) is 0 Å². The third-order valence-electron chi connectivity index (χ3n) is 2.54. The summed E-state index contributed by atoms with van der Waals surface area (Å²) in [5, 5.41) is 8.06. The van der Waals surface area contributed by atoms with Crippen molar-refractivity contribution in [1.29, 1.82) is 5.41 Å². The molecule has 0 bridgehead atoms. The van der Waals surface area contributed by atoms with Crippen LogP contribution in [-0.4, -0.2) is 5.84 Å². The Morgan fingerprint density at radius 1 is 1.21 bits per heavy atom. The average Bonchev–Trinajstić information content (AvgIpc) is 2.33. The van der Waals surface area contributed by atoms with Gasteiger partial charge in [0.05, 0.1) is 10.6 Å². The van der Waals surface area contributed by atoms with Crippen LogP contribution in [0.15, 0.2) is 40.9 Å². The molecule has 0 saturated carbocycles. The summed E-state index contributed by atoms with van der Waals surface area (Å²) in [6.07, 6.45) is 0. The molecule has 2 rings (SSSR count). The predicted molar refractivity (Wildman–Crippen MR) is 81.4 cm³/mol. The van der Waals surface area contributed by atoms with E-state index in [0.29, 0.717) is 22.1 Å². The molecule has 0 radical (unpaired) electrons.